The number of halogens is 1. The average molecular weight is 502 g/mol. The Labute approximate surface area is 197 Å². The fraction of sp³-hybridized carbons (Fsp3) is 0.360. The smallest absolute Gasteiger partial charge is 0.349 e. The summed E-state index contributed by atoms with van der Waals surface area (Å²) >= 11 is 3.44. The molecule has 170 valence electrons. The van der Waals surface area contributed by atoms with Crippen LogP contribution in [0.2, 0.25) is 0 Å². The third-order valence-electron chi connectivity index (χ3n) is 4.65. The minimum atomic E-state index is -1.06. The summed E-state index contributed by atoms with van der Waals surface area (Å²) in [7, 11) is 0. The fourth-order valence-electron chi connectivity index (χ4n) is 3.06. The number of hydrogen-bond donors (Lipinski definition) is 0. The molecule has 6 nitrogen and oxygen atoms in total. The van der Waals surface area contributed by atoms with Gasteiger partial charge >= 0.3 is 5.97 Å². The predicted octanol–water partition coefficient (Wildman–Crippen LogP) is 5.69. The second-order valence-corrected chi connectivity index (χ2v) is 8.72. The largest absolute Gasteiger partial charge is 0.493 e. The highest BCUT2D eigenvalue weighted by molar-refractivity contribution is 9.10. The molecule has 2 aromatic rings. The number of aliphatic imine (C=N–C) groups is 1. The third-order valence-corrected chi connectivity index (χ3v) is 5.18. The minimum Gasteiger partial charge on any atom is -0.493 e. The first-order valence-corrected chi connectivity index (χ1v) is 11.4. The van der Waals surface area contributed by atoms with Gasteiger partial charge in [-0.25, -0.2) is 9.79 Å². The Morgan fingerprint density at radius 2 is 1.75 bits per heavy atom. The first-order valence-electron chi connectivity index (χ1n) is 10.6. The van der Waals surface area contributed by atoms with E-state index in [1.807, 2.05) is 49.4 Å². The molecule has 7 heteroatoms. The molecule has 1 aliphatic rings. The van der Waals surface area contributed by atoms with Crippen LogP contribution in [0.25, 0.3) is 0 Å². The maximum Gasteiger partial charge on any atom is 0.349 e. The summed E-state index contributed by atoms with van der Waals surface area (Å²) in [6.07, 6.45) is 2.60. The van der Waals surface area contributed by atoms with Gasteiger partial charge in [0.1, 0.15) is 17.6 Å². The highest BCUT2D eigenvalue weighted by atomic mass is 79.9. The standard InChI is InChI=1S/C25H28BrNO5/c1-5-29-24(28)25(3,4)32-22-12-10-21(11-13-22)30-15-14-20-16-17(2)31-23(27-20)18-6-8-19(26)9-7-18/h6-13,16-17H,5,14-15H2,1-4H3. The van der Waals surface area contributed by atoms with E-state index in [0.717, 1.165) is 15.7 Å². The summed E-state index contributed by atoms with van der Waals surface area (Å²) in [5.41, 5.74) is 0.806. The molecule has 1 atom stereocenters. The van der Waals surface area contributed by atoms with Crippen LogP contribution >= 0.6 is 15.9 Å². The predicted molar refractivity (Wildman–Crippen MR) is 127 cm³/mol. The van der Waals surface area contributed by atoms with Crippen molar-refractivity contribution in [3.05, 3.63) is 70.3 Å². The van der Waals surface area contributed by atoms with Gasteiger partial charge in [-0.1, -0.05) is 15.9 Å². The molecule has 1 heterocycles. The second kappa shape index (κ2) is 10.7. The number of carbonyl (C=O) groups excluding carboxylic acids is 1. The maximum absolute atomic E-state index is 12.0. The number of carbonyl (C=O) groups is 1. The van der Waals surface area contributed by atoms with Gasteiger partial charge in [0.25, 0.3) is 0 Å². The van der Waals surface area contributed by atoms with Gasteiger partial charge in [-0.05, 0) is 82.3 Å². The fourth-order valence-corrected chi connectivity index (χ4v) is 3.32. The normalized spacial score (nSPS) is 15.8. The molecule has 2 aromatic carbocycles. The maximum atomic E-state index is 12.0. The first-order chi connectivity index (χ1) is 15.3. The van der Waals surface area contributed by atoms with Crippen LogP contribution in [-0.2, 0) is 14.3 Å². The van der Waals surface area contributed by atoms with Crippen molar-refractivity contribution in [3.8, 4) is 11.5 Å². The van der Waals surface area contributed by atoms with Crippen molar-refractivity contribution in [2.45, 2.75) is 45.8 Å². The van der Waals surface area contributed by atoms with Crippen molar-refractivity contribution in [2.24, 2.45) is 4.99 Å². The van der Waals surface area contributed by atoms with E-state index in [0.29, 0.717) is 37.0 Å². The van der Waals surface area contributed by atoms with Crippen LogP contribution in [0.15, 0.2) is 69.8 Å². The van der Waals surface area contributed by atoms with Gasteiger partial charge in [0.2, 0.25) is 5.90 Å². The lowest BCUT2D eigenvalue weighted by Gasteiger charge is -2.24. The van der Waals surface area contributed by atoms with E-state index in [1.54, 1.807) is 32.9 Å². The zero-order valence-electron chi connectivity index (χ0n) is 18.8. The lowest BCUT2D eigenvalue weighted by atomic mass is 10.1. The Kier molecular flexibility index (Phi) is 7.96. The summed E-state index contributed by atoms with van der Waals surface area (Å²) in [5.74, 6) is 1.50. The molecule has 0 N–H and O–H groups in total. The number of rotatable bonds is 9. The number of hydrogen-bond acceptors (Lipinski definition) is 6. The van der Waals surface area contributed by atoms with E-state index < -0.39 is 11.6 Å². The second-order valence-electron chi connectivity index (χ2n) is 7.81. The summed E-state index contributed by atoms with van der Waals surface area (Å²) in [6, 6.07) is 15.1. The van der Waals surface area contributed by atoms with E-state index in [9.17, 15) is 4.79 Å². The highest BCUT2D eigenvalue weighted by Crippen LogP contribution is 2.24. The molecule has 0 saturated heterocycles. The lowest BCUT2D eigenvalue weighted by Crippen LogP contribution is -2.39. The molecule has 32 heavy (non-hydrogen) atoms. The monoisotopic (exact) mass is 501 g/mol. The minimum absolute atomic E-state index is 0.0552. The molecule has 0 saturated carbocycles. The van der Waals surface area contributed by atoms with Crippen LogP contribution in [0.4, 0.5) is 0 Å². The van der Waals surface area contributed by atoms with Crippen LogP contribution in [0.5, 0.6) is 11.5 Å². The Morgan fingerprint density at radius 1 is 1.09 bits per heavy atom. The third kappa shape index (κ3) is 6.60. The van der Waals surface area contributed by atoms with E-state index in [1.165, 1.54) is 0 Å². The quantitative estimate of drug-likeness (QED) is 0.413. The number of ether oxygens (including phenoxy) is 4. The SMILES string of the molecule is CCOC(=O)C(C)(C)Oc1ccc(OCCC2=CC(C)OC(c3ccc(Br)cc3)=N2)cc1. The Morgan fingerprint density at radius 3 is 2.41 bits per heavy atom. The van der Waals surface area contributed by atoms with Crippen LogP contribution in [0.1, 0.15) is 39.7 Å². The van der Waals surface area contributed by atoms with Gasteiger partial charge in [0, 0.05) is 22.2 Å². The van der Waals surface area contributed by atoms with Crippen LogP contribution in [0, 0.1) is 0 Å². The Balaban J connectivity index is 1.54. The first kappa shape index (κ1) is 23.9. The molecule has 3 rings (SSSR count). The Hall–Kier alpha value is -2.80. The van der Waals surface area contributed by atoms with Crippen molar-refractivity contribution in [1.29, 1.82) is 0 Å². The van der Waals surface area contributed by atoms with Gasteiger partial charge in [0.05, 0.1) is 13.2 Å². The molecule has 0 bridgehead atoms. The average Bonchev–Trinajstić information content (AvgIpc) is 2.75. The zero-order chi connectivity index (χ0) is 23.1. The van der Waals surface area contributed by atoms with E-state index in [-0.39, 0.29) is 6.10 Å². The highest BCUT2D eigenvalue weighted by Gasteiger charge is 2.31. The number of nitrogens with zero attached hydrogens (tertiary/aromatic N) is 1. The van der Waals surface area contributed by atoms with Gasteiger partial charge in [-0.15, -0.1) is 0 Å². The topological polar surface area (TPSA) is 66.4 Å². The van der Waals surface area contributed by atoms with Gasteiger partial charge < -0.3 is 18.9 Å². The van der Waals surface area contributed by atoms with Crippen molar-refractivity contribution in [2.75, 3.05) is 13.2 Å². The van der Waals surface area contributed by atoms with Gasteiger partial charge in [-0.3, -0.25) is 0 Å². The molecular weight excluding hydrogens is 474 g/mol. The van der Waals surface area contributed by atoms with Crippen LogP contribution < -0.4 is 9.47 Å². The van der Waals surface area contributed by atoms with Crippen molar-refractivity contribution in [3.63, 3.8) is 0 Å². The molecule has 0 fully saturated rings. The summed E-state index contributed by atoms with van der Waals surface area (Å²) in [4.78, 5) is 16.6. The van der Waals surface area contributed by atoms with E-state index in [2.05, 4.69) is 20.9 Å². The van der Waals surface area contributed by atoms with Gasteiger partial charge in [-0.2, -0.15) is 0 Å². The van der Waals surface area contributed by atoms with Gasteiger partial charge in [0.15, 0.2) is 5.60 Å². The van der Waals surface area contributed by atoms with Crippen LogP contribution in [0.3, 0.4) is 0 Å². The Bertz CT molecular complexity index is 980. The van der Waals surface area contributed by atoms with Crippen molar-refractivity contribution < 1.29 is 23.7 Å². The molecule has 0 amide bonds. The van der Waals surface area contributed by atoms with E-state index >= 15 is 0 Å². The van der Waals surface area contributed by atoms with Crippen molar-refractivity contribution in [1.82, 2.24) is 0 Å². The summed E-state index contributed by atoms with van der Waals surface area (Å²) in [5, 5.41) is 0. The van der Waals surface area contributed by atoms with Crippen LogP contribution in [-0.4, -0.2) is 36.8 Å². The molecule has 0 aromatic heterocycles. The molecule has 0 spiro atoms. The molecule has 1 aliphatic heterocycles. The molecule has 1 unspecified atom stereocenters. The summed E-state index contributed by atoms with van der Waals surface area (Å²) in [6.45, 7) is 7.91. The molecule has 0 radical (unpaired) electrons. The number of esters is 1. The van der Waals surface area contributed by atoms with E-state index in [4.69, 9.17) is 18.9 Å². The number of benzene rings is 2. The molecular formula is C25H28BrNO5. The summed E-state index contributed by atoms with van der Waals surface area (Å²) < 4.78 is 23.6. The molecule has 0 aliphatic carbocycles. The zero-order valence-corrected chi connectivity index (χ0v) is 20.3. The lowest BCUT2D eigenvalue weighted by molar-refractivity contribution is -0.158. The van der Waals surface area contributed by atoms with Crippen molar-refractivity contribution >= 4 is 27.8 Å².